The SMILES string of the molecule is N#Cc1ccc(OC2CCN(Cc3ccccc3)C2)nc1. The van der Waals surface area contributed by atoms with Crippen LogP contribution in [0, 0.1) is 11.3 Å². The summed E-state index contributed by atoms with van der Waals surface area (Å²) in [6.07, 6.45) is 2.73. The number of aromatic nitrogens is 1. The fourth-order valence-electron chi connectivity index (χ4n) is 2.57. The van der Waals surface area contributed by atoms with Gasteiger partial charge in [-0.2, -0.15) is 5.26 Å². The molecule has 0 N–H and O–H groups in total. The lowest BCUT2D eigenvalue weighted by atomic mass is 10.2. The molecule has 2 aromatic rings. The number of nitriles is 1. The normalized spacial score (nSPS) is 18.3. The first-order valence-electron chi connectivity index (χ1n) is 7.12. The summed E-state index contributed by atoms with van der Waals surface area (Å²) < 4.78 is 5.88. The number of hydrogen-bond acceptors (Lipinski definition) is 4. The van der Waals surface area contributed by atoms with Crippen molar-refractivity contribution in [2.45, 2.75) is 19.1 Å². The van der Waals surface area contributed by atoms with Crippen LogP contribution in [-0.2, 0) is 6.54 Å². The maximum Gasteiger partial charge on any atom is 0.213 e. The Morgan fingerprint density at radius 2 is 2.10 bits per heavy atom. The topological polar surface area (TPSA) is 49.1 Å². The van der Waals surface area contributed by atoms with Crippen LogP contribution < -0.4 is 4.74 Å². The highest BCUT2D eigenvalue weighted by molar-refractivity contribution is 5.28. The van der Waals surface area contributed by atoms with Gasteiger partial charge in [-0.05, 0) is 18.1 Å². The van der Waals surface area contributed by atoms with Gasteiger partial charge in [0, 0.05) is 31.9 Å². The molecule has 106 valence electrons. The van der Waals surface area contributed by atoms with Gasteiger partial charge >= 0.3 is 0 Å². The zero-order valence-corrected chi connectivity index (χ0v) is 11.8. The number of rotatable bonds is 4. The van der Waals surface area contributed by atoms with Crippen LogP contribution in [-0.4, -0.2) is 29.1 Å². The molecular formula is C17H17N3O. The molecule has 0 aliphatic carbocycles. The molecule has 0 radical (unpaired) electrons. The predicted molar refractivity (Wildman–Crippen MR) is 79.7 cm³/mol. The van der Waals surface area contributed by atoms with Crippen LogP contribution in [0.3, 0.4) is 0 Å². The second-order valence-corrected chi connectivity index (χ2v) is 5.25. The molecule has 1 unspecified atom stereocenters. The summed E-state index contributed by atoms with van der Waals surface area (Å²) in [5.74, 6) is 0.598. The van der Waals surface area contributed by atoms with E-state index in [0.717, 1.165) is 26.1 Å². The zero-order chi connectivity index (χ0) is 14.5. The number of ether oxygens (including phenoxy) is 1. The molecule has 3 rings (SSSR count). The molecule has 2 heterocycles. The quantitative estimate of drug-likeness (QED) is 0.863. The van der Waals surface area contributed by atoms with Crippen molar-refractivity contribution >= 4 is 0 Å². The number of benzene rings is 1. The van der Waals surface area contributed by atoms with Gasteiger partial charge in [0.2, 0.25) is 5.88 Å². The second kappa shape index (κ2) is 6.38. The smallest absolute Gasteiger partial charge is 0.213 e. The first kappa shape index (κ1) is 13.6. The summed E-state index contributed by atoms with van der Waals surface area (Å²) in [6.45, 7) is 2.91. The largest absolute Gasteiger partial charge is 0.473 e. The second-order valence-electron chi connectivity index (χ2n) is 5.25. The van der Waals surface area contributed by atoms with Crippen LogP contribution in [0.4, 0.5) is 0 Å². The van der Waals surface area contributed by atoms with E-state index >= 15 is 0 Å². The summed E-state index contributed by atoms with van der Waals surface area (Å²) >= 11 is 0. The van der Waals surface area contributed by atoms with Gasteiger partial charge in [-0.15, -0.1) is 0 Å². The van der Waals surface area contributed by atoms with E-state index < -0.39 is 0 Å². The van der Waals surface area contributed by atoms with Gasteiger partial charge in [0.05, 0.1) is 5.56 Å². The third-order valence-electron chi connectivity index (χ3n) is 3.63. The monoisotopic (exact) mass is 279 g/mol. The molecule has 1 aliphatic rings. The van der Waals surface area contributed by atoms with Crippen LogP contribution in [0.15, 0.2) is 48.7 Å². The number of pyridine rings is 1. The zero-order valence-electron chi connectivity index (χ0n) is 11.8. The molecule has 1 atom stereocenters. The van der Waals surface area contributed by atoms with Gasteiger partial charge in [0.25, 0.3) is 0 Å². The van der Waals surface area contributed by atoms with Crippen LogP contribution in [0.25, 0.3) is 0 Å². The van der Waals surface area contributed by atoms with Crippen LogP contribution >= 0.6 is 0 Å². The molecule has 1 aromatic carbocycles. The molecule has 1 saturated heterocycles. The Bertz CT molecular complexity index is 619. The Balaban J connectivity index is 1.53. The lowest BCUT2D eigenvalue weighted by Gasteiger charge is -2.16. The predicted octanol–water partition coefficient (Wildman–Crippen LogP) is 2.61. The third kappa shape index (κ3) is 3.59. The minimum Gasteiger partial charge on any atom is -0.473 e. The lowest BCUT2D eigenvalue weighted by Crippen LogP contribution is -2.24. The van der Waals surface area contributed by atoms with Crippen molar-refractivity contribution in [3.05, 3.63) is 59.8 Å². The van der Waals surface area contributed by atoms with Gasteiger partial charge in [0.1, 0.15) is 12.2 Å². The van der Waals surface area contributed by atoms with Crippen LogP contribution in [0.1, 0.15) is 17.5 Å². The minimum atomic E-state index is 0.175. The average molecular weight is 279 g/mol. The first-order valence-corrected chi connectivity index (χ1v) is 7.12. The molecule has 4 nitrogen and oxygen atoms in total. The molecular weight excluding hydrogens is 262 g/mol. The average Bonchev–Trinajstić information content (AvgIpc) is 2.96. The molecule has 1 fully saturated rings. The van der Waals surface area contributed by atoms with Gasteiger partial charge in [-0.1, -0.05) is 30.3 Å². The molecule has 1 aliphatic heterocycles. The van der Waals surface area contributed by atoms with Gasteiger partial charge < -0.3 is 4.74 Å². The molecule has 1 aromatic heterocycles. The summed E-state index contributed by atoms with van der Waals surface area (Å²) in [5.41, 5.74) is 1.88. The molecule has 0 spiro atoms. The Kier molecular flexibility index (Phi) is 4.13. The summed E-state index contributed by atoms with van der Waals surface area (Å²) in [5, 5.41) is 8.75. The summed E-state index contributed by atoms with van der Waals surface area (Å²) in [6, 6.07) is 16.0. The first-order chi connectivity index (χ1) is 10.3. The number of nitrogens with zero attached hydrogens (tertiary/aromatic N) is 3. The van der Waals surface area contributed by atoms with E-state index in [-0.39, 0.29) is 6.10 Å². The lowest BCUT2D eigenvalue weighted by molar-refractivity contribution is 0.191. The van der Waals surface area contributed by atoms with Gasteiger partial charge in [-0.3, -0.25) is 4.90 Å². The van der Waals surface area contributed by atoms with Gasteiger partial charge in [0.15, 0.2) is 0 Å². The number of likely N-dealkylation sites (tertiary alicyclic amines) is 1. The highest BCUT2D eigenvalue weighted by Gasteiger charge is 2.24. The van der Waals surface area contributed by atoms with E-state index in [0.29, 0.717) is 11.4 Å². The van der Waals surface area contributed by atoms with Crippen LogP contribution in [0.2, 0.25) is 0 Å². The van der Waals surface area contributed by atoms with E-state index in [9.17, 15) is 0 Å². The van der Waals surface area contributed by atoms with Crippen molar-refractivity contribution in [2.24, 2.45) is 0 Å². The van der Waals surface area contributed by atoms with E-state index in [4.69, 9.17) is 10.00 Å². The fourth-order valence-corrected chi connectivity index (χ4v) is 2.57. The molecule has 4 heteroatoms. The van der Waals surface area contributed by atoms with Crippen molar-refractivity contribution in [3.8, 4) is 11.9 Å². The van der Waals surface area contributed by atoms with Crippen molar-refractivity contribution in [1.82, 2.24) is 9.88 Å². The minimum absolute atomic E-state index is 0.175. The maximum absolute atomic E-state index is 8.75. The summed E-state index contributed by atoms with van der Waals surface area (Å²) in [7, 11) is 0. The van der Waals surface area contributed by atoms with E-state index in [1.165, 1.54) is 5.56 Å². The van der Waals surface area contributed by atoms with Crippen molar-refractivity contribution in [2.75, 3.05) is 13.1 Å². The van der Waals surface area contributed by atoms with Crippen molar-refractivity contribution in [3.63, 3.8) is 0 Å². The fraction of sp³-hybridized carbons (Fsp3) is 0.294. The Hall–Kier alpha value is -2.38. The Morgan fingerprint density at radius 3 is 2.81 bits per heavy atom. The molecule has 0 bridgehead atoms. The van der Waals surface area contributed by atoms with E-state index in [1.54, 1.807) is 18.3 Å². The highest BCUT2D eigenvalue weighted by atomic mass is 16.5. The molecule has 0 amide bonds. The van der Waals surface area contributed by atoms with Crippen LogP contribution in [0.5, 0.6) is 5.88 Å². The molecule has 0 saturated carbocycles. The van der Waals surface area contributed by atoms with Gasteiger partial charge in [-0.25, -0.2) is 4.98 Å². The summed E-state index contributed by atoms with van der Waals surface area (Å²) in [4.78, 5) is 6.55. The maximum atomic E-state index is 8.75. The van der Waals surface area contributed by atoms with E-state index in [2.05, 4.69) is 40.2 Å². The van der Waals surface area contributed by atoms with Crippen molar-refractivity contribution < 1.29 is 4.74 Å². The third-order valence-corrected chi connectivity index (χ3v) is 3.63. The number of hydrogen-bond donors (Lipinski definition) is 0. The molecule has 21 heavy (non-hydrogen) atoms. The Morgan fingerprint density at radius 1 is 1.24 bits per heavy atom. The Labute approximate surface area is 124 Å². The standard InChI is InChI=1S/C17H17N3O/c18-10-15-6-7-17(19-11-15)21-16-8-9-20(13-16)12-14-4-2-1-3-5-14/h1-7,11,16H,8-9,12-13H2. The highest BCUT2D eigenvalue weighted by Crippen LogP contribution is 2.18. The van der Waals surface area contributed by atoms with Crippen molar-refractivity contribution in [1.29, 1.82) is 5.26 Å². The van der Waals surface area contributed by atoms with E-state index in [1.807, 2.05) is 6.07 Å².